The maximum atomic E-state index is 13.6. The van der Waals surface area contributed by atoms with Gasteiger partial charge in [-0.3, -0.25) is 47.4 Å². The smallest absolute Gasteiger partial charge is 0.416 e. The molecular weight excluding hydrogens is 985 g/mol. The maximum Gasteiger partial charge on any atom is 0.416 e. The zero-order chi connectivity index (χ0) is 52.8. The lowest BCUT2D eigenvalue weighted by Gasteiger charge is -2.24. The van der Waals surface area contributed by atoms with E-state index < -0.39 is 70.5 Å². The van der Waals surface area contributed by atoms with E-state index >= 15 is 0 Å². The average Bonchev–Trinajstić information content (AvgIpc) is 4.25. The number of alkyl halides is 6. The van der Waals surface area contributed by atoms with Crippen molar-refractivity contribution >= 4 is 40.8 Å². The van der Waals surface area contributed by atoms with Crippen LogP contribution in [-0.2, 0) is 35.0 Å². The van der Waals surface area contributed by atoms with Gasteiger partial charge in [0, 0.05) is 69.8 Å². The summed E-state index contributed by atoms with van der Waals surface area (Å²) in [4.78, 5) is 96.4. The number of halogens is 6. The topological polar surface area (TPSA) is 241 Å². The molecule has 2 fully saturated rings. The Morgan fingerprint density at radius 2 is 1.24 bits per heavy atom. The van der Waals surface area contributed by atoms with Gasteiger partial charge in [0.15, 0.2) is 5.65 Å². The zero-order valence-electron chi connectivity index (χ0n) is 38.9. The molecule has 7 aromatic rings. The van der Waals surface area contributed by atoms with Crippen LogP contribution >= 0.6 is 0 Å². The summed E-state index contributed by atoms with van der Waals surface area (Å²) < 4.78 is 85.0. The van der Waals surface area contributed by atoms with Gasteiger partial charge in [-0.1, -0.05) is 43.3 Å². The van der Waals surface area contributed by atoms with Crippen LogP contribution in [0.1, 0.15) is 91.6 Å². The van der Waals surface area contributed by atoms with Gasteiger partial charge in [-0.15, -0.1) is 0 Å². The Hall–Kier alpha value is -8.64. The first-order valence-electron chi connectivity index (χ1n) is 23.1. The number of benzene rings is 3. The largest absolute Gasteiger partial charge is 0.478 e. The Morgan fingerprint density at radius 1 is 0.703 bits per heavy atom. The number of hydrogen-bond acceptors (Lipinski definition) is 10. The molecule has 0 spiro atoms. The molecule has 19 nitrogen and oxygen atoms in total. The van der Waals surface area contributed by atoms with Crippen LogP contribution < -0.4 is 21.9 Å². The van der Waals surface area contributed by atoms with Crippen LogP contribution in [0.15, 0.2) is 107 Å². The third-order valence-corrected chi connectivity index (χ3v) is 13.0. The Morgan fingerprint density at radius 3 is 1.73 bits per heavy atom. The zero-order valence-corrected chi connectivity index (χ0v) is 38.9. The van der Waals surface area contributed by atoms with Gasteiger partial charge in [-0.2, -0.15) is 36.5 Å². The van der Waals surface area contributed by atoms with Gasteiger partial charge in [0.25, 0.3) is 17.4 Å². The molecular formula is C49H43F6N11O8. The molecule has 0 radical (unpaired) electrons. The molecule has 3 aliphatic heterocycles. The third kappa shape index (κ3) is 9.83. The van der Waals surface area contributed by atoms with E-state index in [1.54, 1.807) is 43.5 Å². The number of aromatic carboxylic acids is 1. The van der Waals surface area contributed by atoms with E-state index in [0.29, 0.717) is 23.1 Å². The van der Waals surface area contributed by atoms with Crippen molar-refractivity contribution in [1.29, 1.82) is 0 Å². The van der Waals surface area contributed by atoms with Crippen molar-refractivity contribution < 1.29 is 55.4 Å². The summed E-state index contributed by atoms with van der Waals surface area (Å²) in [6.07, 6.45) is -3.02. The maximum absolute atomic E-state index is 13.6. The SMILES string of the molecule is CCCn1c(=O)c2[nH]c(-c3cnn(C(c4cccc(C(F)(F)F)c4)C4CNC(=O)C4)c3)nc2n(CCN2C(=O)c3ccccc3C2=O)c1=O.O=C1CC(C(c2cccc(C(F)(F)F)c2)n2cc(C(=O)O)cn2)CN1. The number of rotatable bonds is 13. The number of nitrogens with zero attached hydrogens (tertiary/aromatic N) is 8. The number of fused-ring (bicyclic) bond motifs is 2. The lowest BCUT2D eigenvalue weighted by atomic mass is 9.91. The van der Waals surface area contributed by atoms with Crippen molar-refractivity contribution in [2.45, 2.75) is 63.7 Å². The van der Waals surface area contributed by atoms with Crippen LogP contribution in [0.25, 0.3) is 22.6 Å². The lowest BCUT2D eigenvalue weighted by molar-refractivity contribution is -0.138. The monoisotopic (exact) mass is 1030 g/mol. The molecule has 3 aromatic carbocycles. The second-order valence-corrected chi connectivity index (χ2v) is 17.9. The van der Waals surface area contributed by atoms with Gasteiger partial charge in [-0.25, -0.2) is 14.6 Å². The predicted octanol–water partition coefficient (Wildman–Crippen LogP) is 5.53. The van der Waals surface area contributed by atoms with E-state index in [1.165, 1.54) is 44.5 Å². The van der Waals surface area contributed by atoms with Gasteiger partial charge in [0.1, 0.15) is 11.3 Å². The fourth-order valence-electron chi connectivity index (χ4n) is 9.56. The number of nitrogens with one attached hydrogen (secondary N) is 3. The van der Waals surface area contributed by atoms with E-state index in [9.17, 15) is 59.9 Å². The third-order valence-electron chi connectivity index (χ3n) is 13.0. The number of aromatic nitrogens is 8. The first-order chi connectivity index (χ1) is 35.2. The van der Waals surface area contributed by atoms with Crippen LogP contribution in [0.4, 0.5) is 26.3 Å². The highest BCUT2D eigenvalue weighted by atomic mass is 19.4. The molecule has 4 aromatic heterocycles. The lowest BCUT2D eigenvalue weighted by Crippen LogP contribution is -2.42. The highest BCUT2D eigenvalue weighted by Crippen LogP contribution is 2.38. The van der Waals surface area contributed by atoms with Gasteiger partial charge in [0.05, 0.1) is 57.9 Å². The number of amides is 4. The average molecular weight is 1030 g/mol. The second kappa shape index (κ2) is 19.8. The van der Waals surface area contributed by atoms with Gasteiger partial charge >= 0.3 is 24.0 Å². The summed E-state index contributed by atoms with van der Waals surface area (Å²) in [5.74, 6) is -3.18. The molecule has 25 heteroatoms. The van der Waals surface area contributed by atoms with E-state index in [2.05, 4.69) is 30.8 Å². The number of aromatic amines is 1. The van der Waals surface area contributed by atoms with Crippen LogP contribution in [0, 0.1) is 11.8 Å². The molecule has 4 amide bonds. The number of carbonyl (C=O) groups excluding carboxylic acids is 4. The molecule has 4 unspecified atom stereocenters. The van der Waals surface area contributed by atoms with Crippen molar-refractivity contribution in [1.82, 2.24) is 54.2 Å². The van der Waals surface area contributed by atoms with E-state index in [1.807, 2.05) is 0 Å². The van der Waals surface area contributed by atoms with Crippen molar-refractivity contribution in [2.24, 2.45) is 11.8 Å². The minimum absolute atomic E-state index is 0.00160. The minimum Gasteiger partial charge on any atom is -0.478 e. The number of carboxylic acids is 1. The minimum atomic E-state index is -4.58. The predicted molar refractivity (Wildman–Crippen MR) is 249 cm³/mol. The first-order valence-corrected chi connectivity index (χ1v) is 23.1. The van der Waals surface area contributed by atoms with Crippen molar-refractivity contribution in [3.63, 3.8) is 0 Å². The molecule has 7 heterocycles. The molecule has 0 aliphatic carbocycles. The summed E-state index contributed by atoms with van der Waals surface area (Å²) in [7, 11) is 0. The quantitative estimate of drug-likeness (QED) is 0.0828. The Balaban J connectivity index is 0.000000226. The molecule has 2 saturated heterocycles. The van der Waals surface area contributed by atoms with Gasteiger partial charge < -0.3 is 20.7 Å². The van der Waals surface area contributed by atoms with Crippen molar-refractivity contribution in [3.05, 3.63) is 157 Å². The summed E-state index contributed by atoms with van der Waals surface area (Å²) in [6.45, 7) is 2.13. The molecule has 74 heavy (non-hydrogen) atoms. The number of carboxylic acid groups (broad SMARTS) is 1. The first kappa shape index (κ1) is 50.3. The number of imide groups is 1. The molecule has 0 saturated carbocycles. The number of carbonyl (C=O) groups is 5. The Labute approximate surface area is 413 Å². The van der Waals surface area contributed by atoms with Crippen LogP contribution in [0.3, 0.4) is 0 Å². The Kier molecular flexibility index (Phi) is 13.4. The fraction of sp³-hybridized carbons (Fsp3) is 0.306. The normalized spacial score (nSPS) is 17.5. The van der Waals surface area contributed by atoms with E-state index in [-0.39, 0.29) is 97.0 Å². The number of hydrogen-bond donors (Lipinski definition) is 4. The summed E-state index contributed by atoms with van der Waals surface area (Å²) >= 11 is 0. The molecule has 4 N–H and O–H groups in total. The number of H-pyrrole nitrogens is 1. The molecule has 3 aliphatic rings. The summed E-state index contributed by atoms with van der Waals surface area (Å²) in [5, 5.41) is 22.8. The van der Waals surface area contributed by atoms with Crippen LogP contribution in [0.5, 0.6) is 0 Å². The van der Waals surface area contributed by atoms with Gasteiger partial charge in [-0.05, 0) is 53.9 Å². The molecule has 10 rings (SSSR count). The molecule has 384 valence electrons. The van der Waals surface area contributed by atoms with Crippen LogP contribution in [0.2, 0.25) is 0 Å². The van der Waals surface area contributed by atoms with Crippen molar-refractivity contribution in [2.75, 3.05) is 19.6 Å². The summed E-state index contributed by atoms with van der Waals surface area (Å²) in [6, 6.07) is 14.6. The highest BCUT2D eigenvalue weighted by molar-refractivity contribution is 6.21. The molecule has 0 bridgehead atoms. The summed E-state index contributed by atoms with van der Waals surface area (Å²) in [5.41, 5.74) is -1.45. The standard InChI is InChI=1S/C33H29F3N8O5.C16H14F3N3O3/c1-2-10-43-31(48)25-28(41(32(43)49)11-12-42-29(46)22-8-3-4-9-23(22)30(42)47)40-27(39-25)20-16-38-44(17-20)26(19-14-24(45)37-15-19)18-6-5-7-21(13-18)33(34,35)36;17-16(18,19)12-3-1-2-9(4-12)14(10-5-13(23)20-6-10)22-8-11(7-21-22)15(24)25/h3-9,13,16-17,19,26H,2,10-12,14-15H2,1H3,(H,37,45)(H,39,40);1-4,7-8,10,14H,5-6H2,(H,20,23)(H,24,25). The fourth-order valence-corrected chi connectivity index (χ4v) is 9.56. The van der Waals surface area contributed by atoms with E-state index in [4.69, 9.17) is 5.11 Å². The van der Waals surface area contributed by atoms with Gasteiger partial charge in [0.2, 0.25) is 11.8 Å². The van der Waals surface area contributed by atoms with Crippen molar-refractivity contribution in [3.8, 4) is 11.4 Å². The Bertz CT molecular complexity index is 3450. The highest BCUT2D eigenvalue weighted by Gasteiger charge is 2.39. The molecule has 4 atom stereocenters. The number of imidazole rings is 1. The van der Waals surface area contributed by atoms with Crippen LogP contribution in [-0.4, -0.2) is 97.9 Å². The second-order valence-electron chi connectivity index (χ2n) is 17.9. The van der Waals surface area contributed by atoms with E-state index in [0.717, 1.165) is 39.9 Å².